The standard InChI is InChI=1S/C14H13BrClNO/c15-11-2-1-3-12(9-11)18-14-8-10(6-7-17)4-5-13(14)16/h1-5,8-9H,6-7,17H2. The van der Waals surface area contributed by atoms with Gasteiger partial charge in [-0.3, -0.25) is 0 Å². The molecule has 0 amide bonds. The van der Waals surface area contributed by atoms with E-state index in [2.05, 4.69) is 15.9 Å². The van der Waals surface area contributed by atoms with Gasteiger partial charge in [0.25, 0.3) is 0 Å². The molecule has 2 rings (SSSR count). The molecule has 0 saturated heterocycles. The van der Waals surface area contributed by atoms with E-state index in [1.165, 1.54) is 0 Å². The average Bonchev–Trinajstić information content (AvgIpc) is 2.34. The molecule has 2 N–H and O–H groups in total. The van der Waals surface area contributed by atoms with Crippen LogP contribution in [0.2, 0.25) is 5.02 Å². The van der Waals surface area contributed by atoms with Crippen LogP contribution >= 0.6 is 27.5 Å². The van der Waals surface area contributed by atoms with Gasteiger partial charge in [0.15, 0.2) is 0 Å². The van der Waals surface area contributed by atoms with Crippen LogP contribution in [0.3, 0.4) is 0 Å². The monoisotopic (exact) mass is 325 g/mol. The third-order valence-electron chi connectivity index (χ3n) is 2.45. The minimum Gasteiger partial charge on any atom is -0.456 e. The highest BCUT2D eigenvalue weighted by Gasteiger charge is 2.05. The van der Waals surface area contributed by atoms with E-state index in [1.807, 2.05) is 42.5 Å². The van der Waals surface area contributed by atoms with Gasteiger partial charge in [-0.15, -0.1) is 0 Å². The smallest absolute Gasteiger partial charge is 0.146 e. The van der Waals surface area contributed by atoms with Crippen LogP contribution < -0.4 is 10.5 Å². The topological polar surface area (TPSA) is 35.2 Å². The molecule has 2 nitrogen and oxygen atoms in total. The largest absolute Gasteiger partial charge is 0.456 e. The van der Waals surface area contributed by atoms with E-state index in [9.17, 15) is 0 Å². The number of nitrogens with two attached hydrogens (primary N) is 1. The molecule has 0 heterocycles. The van der Waals surface area contributed by atoms with Crippen molar-refractivity contribution < 1.29 is 4.74 Å². The van der Waals surface area contributed by atoms with Gasteiger partial charge in [0, 0.05) is 4.47 Å². The number of halogens is 2. The Kier molecular flexibility index (Phi) is 4.64. The molecule has 0 radical (unpaired) electrons. The van der Waals surface area contributed by atoms with Gasteiger partial charge in [-0.25, -0.2) is 0 Å². The Balaban J connectivity index is 2.25. The fourth-order valence-corrected chi connectivity index (χ4v) is 2.14. The van der Waals surface area contributed by atoms with Crippen LogP contribution in [0.4, 0.5) is 0 Å². The first-order valence-corrected chi connectivity index (χ1v) is 6.78. The molecule has 0 aliphatic carbocycles. The van der Waals surface area contributed by atoms with Crippen molar-refractivity contribution in [1.82, 2.24) is 0 Å². The van der Waals surface area contributed by atoms with E-state index in [0.717, 1.165) is 22.2 Å². The van der Waals surface area contributed by atoms with Gasteiger partial charge in [-0.2, -0.15) is 0 Å². The zero-order chi connectivity index (χ0) is 13.0. The molecule has 0 aliphatic heterocycles. The second-order valence-electron chi connectivity index (χ2n) is 3.86. The molecule has 0 aromatic heterocycles. The van der Waals surface area contributed by atoms with Gasteiger partial charge in [-0.05, 0) is 48.9 Å². The molecule has 2 aromatic carbocycles. The highest BCUT2D eigenvalue weighted by molar-refractivity contribution is 9.10. The van der Waals surface area contributed by atoms with Crippen molar-refractivity contribution >= 4 is 27.5 Å². The molecule has 0 atom stereocenters. The Hall–Kier alpha value is -1.03. The quantitative estimate of drug-likeness (QED) is 0.904. The van der Waals surface area contributed by atoms with Gasteiger partial charge >= 0.3 is 0 Å². The third kappa shape index (κ3) is 3.48. The number of ether oxygens (including phenoxy) is 1. The van der Waals surface area contributed by atoms with E-state index in [1.54, 1.807) is 0 Å². The van der Waals surface area contributed by atoms with E-state index in [-0.39, 0.29) is 0 Å². The third-order valence-corrected chi connectivity index (χ3v) is 3.26. The first-order chi connectivity index (χ1) is 8.69. The lowest BCUT2D eigenvalue weighted by molar-refractivity contribution is 0.482. The zero-order valence-corrected chi connectivity index (χ0v) is 12.0. The number of hydrogen-bond acceptors (Lipinski definition) is 2. The molecule has 0 unspecified atom stereocenters. The first-order valence-electron chi connectivity index (χ1n) is 5.61. The molecular formula is C14H13BrClNO. The molecule has 4 heteroatoms. The van der Waals surface area contributed by atoms with Crippen molar-refractivity contribution in [3.63, 3.8) is 0 Å². The van der Waals surface area contributed by atoms with E-state index >= 15 is 0 Å². The van der Waals surface area contributed by atoms with Crippen molar-refractivity contribution in [2.24, 2.45) is 5.73 Å². The van der Waals surface area contributed by atoms with Crippen LogP contribution in [-0.4, -0.2) is 6.54 Å². The second-order valence-corrected chi connectivity index (χ2v) is 5.19. The summed E-state index contributed by atoms with van der Waals surface area (Å²) in [5.74, 6) is 1.40. The number of hydrogen-bond donors (Lipinski definition) is 1. The van der Waals surface area contributed by atoms with E-state index in [0.29, 0.717) is 17.3 Å². The molecule has 0 fully saturated rings. The first kappa shape index (κ1) is 13.4. The summed E-state index contributed by atoms with van der Waals surface area (Å²) in [6.07, 6.45) is 0.812. The van der Waals surface area contributed by atoms with Crippen molar-refractivity contribution in [1.29, 1.82) is 0 Å². The molecule has 18 heavy (non-hydrogen) atoms. The Bertz CT molecular complexity index is 545. The van der Waals surface area contributed by atoms with Crippen LogP contribution in [0, 0.1) is 0 Å². The fourth-order valence-electron chi connectivity index (χ4n) is 1.61. The van der Waals surface area contributed by atoms with Crippen LogP contribution in [0.15, 0.2) is 46.9 Å². The summed E-state index contributed by atoms with van der Waals surface area (Å²) >= 11 is 9.52. The molecular weight excluding hydrogens is 314 g/mol. The Morgan fingerprint density at radius 1 is 1.17 bits per heavy atom. The second kappa shape index (κ2) is 6.23. The van der Waals surface area contributed by atoms with Crippen molar-refractivity contribution in [3.05, 3.63) is 57.5 Å². The Labute approximate surface area is 120 Å². The van der Waals surface area contributed by atoms with E-state index < -0.39 is 0 Å². The van der Waals surface area contributed by atoms with Crippen molar-refractivity contribution in [2.45, 2.75) is 6.42 Å². The maximum atomic E-state index is 6.12. The summed E-state index contributed by atoms with van der Waals surface area (Å²) in [5.41, 5.74) is 6.66. The maximum Gasteiger partial charge on any atom is 0.146 e. The summed E-state index contributed by atoms with van der Waals surface area (Å²) in [6.45, 7) is 0.609. The zero-order valence-electron chi connectivity index (χ0n) is 9.70. The van der Waals surface area contributed by atoms with Crippen molar-refractivity contribution in [2.75, 3.05) is 6.54 Å². The summed E-state index contributed by atoms with van der Waals surface area (Å²) in [7, 11) is 0. The fraction of sp³-hybridized carbons (Fsp3) is 0.143. The van der Waals surface area contributed by atoms with Crippen LogP contribution in [-0.2, 0) is 6.42 Å². The van der Waals surface area contributed by atoms with Gasteiger partial charge in [-0.1, -0.05) is 39.7 Å². The number of benzene rings is 2. The molecule has 2 aromatic rings. The SMILES string of the molecule is NCCc1ccc(Cl)c(Oc2cccc(Br)c2)c1. The molecule has 0 spiro atoms. The highest BCUT2D eigenvalue weighted by atomic mass is 79.9. The van der Waals surface area contributed by atoms with Gasteiger partial charge in [0.05, 0.1) is 5.02 Å². The predicted octanol–water partition coefficient (Wildman–Crippen LogP) is 4.40. The van der Waals surface area contributed by atoms with Gasteiger partial charge in [0.1, 0.15) is 11.5 Å². The lowest BCUT2D eigenvalue weighted by Crippen LogP contribution is -2.02. The summed E-state index contributed by atoms with van der Waals surface area (Å²) < 4.78 is 6.74. The highest BCUT2D eigenvalue weighted by Crippen LogP contribution is 2.31. The molecule has 94 valence electrons. The minimum atomic E-state index is 0.593. The van der Waals surface area contributed by atoms with Gasteiger partial charge in [0.2, 0.25) is 0 Å². The summed E-state index contributed by atoms with van der Waals surface area (Å²) in [6, 6.07) is 13.4. The van der Waals surface area contributed by atoms with Crippen LogP contribution in [0.1, 0.15) is 5.56 Å². The Morgan fingerprint density at radius 3 is 2.72 bits per heavy atom. The Morgan fingerprint density at radius 2 is 2.00 bits per heavy atom. The normalized spacial score (nSPS) is 10.4. The maximum absolute atomic E-state index is 6.12. The van der Waals surface area contributed by atoms with Gasteiger partial charge < -0.3 is 10.5 Å². The van der Waals surface area contributed by atoms with Crippen LogP contribution in [0.5, 0.6) is 11.5 Å². The summed E-state index contributed by atoms with van der Waals surface area (Å²) in [5, 5.41) is 0.593. The molecule has 0 aliphatic rings. The van der Waals surface area contributed by atoms with Crippen molar-refractivity contribution in [3.8, 4) is 11.5 Å². The summed E-state index contributed by atoms with van der Waals surface area (Å²) in [4.78, 5) is 0. The average molecular weight is 327 g/mol. The van der Waals surface area contributed by atoms with Crippen LogP contribution in [0.25, 0.3) is 0 Å². The van der Waals surface area contributed by atoms with E-state index in [4.69, 9.17) is 22.1 Å². The number of rotatable bonds is 4. The lowest BCUT2D eigenvalue weighted by atomic mass is 10.1. The molecule has 0 saturated carbocycles. The minimum absolute atomic E-state index is 0.593. The predicted molar refractivity (Wildman–Crippen MR) is 78.4 cm³/mol. The molecule has 0 bridgehead atoms. The lowest BCUT2D eigenvalue weighted by Gasteiger charge is -2.09.